The minimum Gasteiger partial charge on any atom is -0.465 e. The topological polar surface area (TPSA) is 90.3 Å². The normalized spacial score (nSPS) is 11.3. The number of para-hydroxylation sites is 1. The average molecular weight is 420 g/mol. The molecule has 0 atom stereocenters. The number of nitrogens with zero attached hydrogens (tertiary/aromatic N) is 2. The van der Waals surface area contributed by atoms with E-state index in [9.17, 15) is 13.2 Å². The fourth-order valence-electron chi connectivity index (χ4n) is 2.76. The van der Waals surface area contributed by atoms with E-state index >= 15 is 0 Å². The summed E-state index contributed by atoms with van der Waals surface area (Å²) in [5.74, 6) is -0.602. The Hall–Kier alpha value is -2.84. The minimum atomic E-state index is -3.99. The second kappa shape index (κ2) is 7.65. The summed E-state index contributed by atoms with van der Waals surface area (Å²) in [6.45, 7) is 3.49. The van der Waals surface area contributed by atoms with Gasteiger partial charge in [0.1, 0.15) is 4.90 Å². The van der Waals surface area contributed by atoms with E-state index < -0.39 is 16.0 Å². The summed E-state index contributed by atoms with van der Waals surface area (Å²) in [6, 6.07) is 13.3. The number of ether oxygens (including phenoxy) is 1. The Morgan fingerprint density at radius 1 is 1.14 bits per heavy atom. The van der Waals surface area contributed by atoms with Crippen LogP contribution in [-0.2, 0) is 14.8 Å². The van der Waals surface area contributed by atoms with E-state index in [1.807, 2.05) is 30.3 Å². The maximum Gasteiger partial charge on any atom is 0.337 e. The first-order valence-electron chi connectivity index (χ1n) is 8.27. The van der Waals surface area contributed by atoms with Gasteiger partial charge >= 0.3 is 5.97 Å². The molecule has 0 aliphatic carbocycles. The molecule has 9 heteroatoms. The van der Waals surface area contributed by atoms with Gasteiger partial charge in [0, 0.05) is 0 Å². The number of aromatic nitrogens is 2. The van der Waals surface area contributed by atoms with Gasteiger partial charge < -0.3 is 4.74 Å². The molecule has 0 unspecified atom stereocenters. The fraction of sp³-hybridized carbons (Fsp3) is 0.158. The van der Waals surface area contributed by atoms with Gasteiger partial charge in [0.2, 0.25) is 0 Å². The number of benzene rings is 2. The number of nitrogens with one attached hydrogen (secondary N) is 1. The molecule has 0 amide bonds. The van der Waals surface area contributed by atoms with Gasteiger partial charge in [-0.1, -0.05) is 29.8 Å². The highest BCUT2D eigenvalue weighted by Crippen LogP contribution is 2.29. The number of esters is 1. The highest BCUT2D eigenvalue weighted by Gasteiger charge is 2.23. The molecule has 0 saturated carbocycles. The number of aryl methyl sites for hydroxylation is 1. The van der Waals surface area contributed by atoms with Crippen molar-refractivity contribution >= 4 is 33.3 Å². The van der Waals surface area contributed by atoms with Crippen LogP contribution in [0.4, 0.5) is 5.69 Å². The first-order valence-corrected chi connectivity index (χ1v) is 10.1. The minimum absolute atomic E-state index is 0.0823. The molecule has 1 N–H and O–H groups in total. The van der Waals surface area contributed by atoms with Crippen LogP contribution in [0.25, 0.3) is 5.69 Å². The number of anilines is 1. The van der Waals surface area contributed by atoms with Crippen LogP contribution in [0.3, 0.4) is 0 Å². The Balaban J connectivity index is 1.98. The molecule has 0 bridgehead atoms. The molecule has 2 aromatic carbocycles. The number of hydrogen-bond acceptors (Lipinski definition) is 5. The lowest BCUT2D eigenvalue weighted by molar-refractivity contribution is 0.0600. The lowest BCUT2D eigenvalue weighted by atomic mass is 10.2. The van der Waals surface area contributed by atoms with Crippen LogP contribution in [0.5, 0.6) is 0 Å². The quantitative estimate of drug-likeness (QED) is 0.636. The van der Waals surface area contributed by atoms with E-state index in [2.05, 4.69) is 14.6 Å². The molecule has 3 rings (SSSR count). The molecule has 0 aliphatic rings. The molecule has 0 fully saturated rings. The number of halogens is 1. The monoisotopic (exact) mass is 419 g/mol. The van der Waals surface area contributed by atoms with Crippen molar-refractivity contribution in [1.29, 1.82) is 0 Å². The molecule has 7 nitrogen and oxygen atoms in total. The summed E-state index contributed by atoms with van der Waals surface area (Å²) in [5, 5.41) is 4.34. The van der Waals surface area contributed by atoms with Gasteiger partial charge in [0.15, 0.2) is 0 Å². The fourth-order valence-corrected chi connectivity index (χ4v) is 4.49. The Morgan fingerprint density at radius 2 is 1.82 bits per heavy atom. The second-order valence-corrected chi connectivity index (χ2v) is 8.09. The lowest BCUT2D eigenvalue weighted by Crippen LogP contribution is -2.15. The van der Waals surface area contributed by atoms with Crippen molar-refractivity contribution in [3.05, 3.63) is 70.5 Å². The van der Waals surface area contributed by atoms with Crippen molar-refractivity contribution in [3.63, 3.8) is 0 Å². The number of carbonyl (C=O) groups excluding carboxylic acids is 1. The third-order valence-corrected chi connectivity index (χ3v) is 6.00. The summed E-state index contributed by atoms with van der Waals surface area (Å²) in [5.41, 5.74) is 2.50. The summed E-state index contributed by atoms with van der Waals surface area (Å²) < 4.78 is 34.6. The molecule has 1 heterocycles. The Kier molecular flexibility index (Phi) is 5.44. The van der Waals surface area contributed by atoms with Crippen molar-refractivity contribution in [3.8, 4) is 5.69 Å². The maximum atomic E-state index is 12.9. The Bertz CT molecular complexity index is 1140. The van der Waals surface area contributed by atoms with Gasteiger partial charge in [-0.15, -0.1) is 0 Å². The lowest BCUT2D eigenvalue weighted by Gasteiger charge is -2.11. The van der Waals surface area contributed by atoms with Crippen LogP contribution in [0.1, 0.15) is 21.7 Å². The highest BCUT2D eigenvalue weighted by molar-refractivity contribution is 7.92. The molecule has 0 spiro atoms. The van der Waals surface area contributed by atoms with Gasteiger partial charge in [-0.05, 0) is 44.2 Å². The predicted molar refractivity (Wildman–Crippen MR) is 107 cm³/mol. The number of hydrogen-bond donors (Lipinski definition) is 1. The predicted octanol–water partition coefficient (Wildman–Crippen LogP) is 3.73. The van der Waals surface area contributed by atoms with Crippen LogP contribution in [0.15, 0.2) is 53.4 Å². The number of rotatable bonds is 5. The van der Waals surface area contributed by atoms with Crippen LogP contribution in [0.2, 0.25) is 5.02 Å². The Morgan fingerprint density at radius 3 is 2.43 bits per heavy atom. The average Bonchev–Trinajstić information content (AvgIpc) is 2.95. The van der Waals surface area contributed by atoms with Crippen LogP contribution in [-0.4, -0.2) is 31.3 Å². The van der Waals surface area contributed by atoms with Crippen molar-refractivity contribution in [2.24, 2.45) is 0 Å². The summed E-state index contributed by atoms with van der Waals surface area (Å²) in [6.07, 6.45) is 0. The molecule has 0 aliphatic heterocycles. The molecule has 146 valence electrons. The second-order valence-electron chi connectivity index (χ2n) is 6.04. The molecule has 28 heavy (non-hydrogen) atoms. The maximum absolute atomic E-state index is 12.9. The molecule has 3 aromatic rings. The van der Waals surface area contributed by atoms with Gasteiger partial charge in [0.25, 0.3) is 10.0 Å². The largest absolute Gasteiger partial charge is 0.465 e. The molecular weight excluding hydrogens is 402 g/mol. The van der Waals surface area contributed by atoms with Crippen molar-refractivity contribution in [2.45, 2.75) is 18.7 Å². The van der Waals surface area contributed by atoms with E-state index in [1.165, 1.54) is 25.3 Å². The zero-order valence-corrected chi connectivity index (χ0v) is 17.0. The van der Waals surface area contributed by atoms with E-state index in [4.69, 9.17) is 11.6 Å². The number of sulfonamides is 1. The highest BCUT2D eigenvalue weighted by atomic mass is 35.5. The van der Waals surface area contributed by atoms with Gasteiger partial charge in [0.05, 0.1) is 40.5 Å². The van der Waals surface area contributed by atoms with E-state index in [-0.39, 0.29) is 15.5 Å². The van der Waals surface area contributed by atoms with Crippen LogP contribution in [0, 0.1) is 13.8 Å². The summed E-state index contributed by atoms with van der Waals surface area (Å²) in [7, 11) is -2.76. The van der Waals surface area contributed by atoms with Gasteiger partial charge in [-0.2, -0.15) is 5.10 Å². The molecule has 1 aromatic heterocycles. The summed E-state index contributed by atoms with van der Waals surface area (Å²) >= 11 is 6.11. The van der Waals surface area contributed by atoms with Gasteiger partial charge in [-0.25, -0.2) is 17.9 Å². The molecular formula is C19H18ClN3O4S. The smallest absolute Gasteiger partial charge is 0.337 e. The van der Waals surface area contributed by atoms with Crippen LogP contribution >= 0.6 is 11.6 Å². The molecule has 0 saturated heterocycles. The standard InChI is InChI=1S/C19H18ClN3O4S/c1-12-18(13(2)23(21-12)15-7-5-4-6-8-15)22-28(25,26)17-10-9-14(11-16(17)20)19(24)27-3/h4-11,22H,1-3H3. The van der Waals surface area contributed by atoms with Crippen molar-refractivity contribution in [1.82, 2.24) is 9.78 Å². The van der Waals surface area contributed by atoms with Gasteiger partial charge in [-0.3, -0.25) is 4.72 Å². The zero-order chi connectivity index (χ0) is 20.5. The SMILES string of the molecule is COC(=O)c1ccc(S(=O)(=O)Nc2c(C)nn(-c3ccccc3)c2C)c(Cl)c1. The third kappa shape index (κ3) is 3.74. The number of carbonyl (C=O) groups is 1. The first kappa shape index (κ1) is 19.9. The van der Waals surface area contributed by atoms with Crippen LogP contribution < -0.4 is 4.72 Å². The zero-order valence-electron chi connectivity index (χ0n) is 15.4. The van der Waals surface area contributed by atoms with E-state index in [0.29, 0.717) is 17.1 Å². The van der Waals surface area contributed by atoms with Crippen molar-refractivity contribution in [2.75, 3.05) is 11.8 Å². The first-order chi connectivity index (χ1) is 13.2. The Labute approximate surface area is 168 Å². The van der Waals surface area contributed by atoms with E-state index in [1.54, 1.807) is 18.5 Å². The molecule has 0 radical (unpaired) electrons. The van der Waals surface area contributed by atoms with Crippen molar-refractivity contribution < 1.29 is 17.9 Å². The van der Waals surface area contributed by atoms with E-state index in [0.717, 1.165) is 5.69 Å². The third-order valence-electron chi connectivity index (χ3n) is 4.17. The summed E-state index contributed by atoms with van der Waals surface area (Å²) in [4.78, 5) is 11.4. The number of methoxy groups -OCH3 is 1.